The number of carbonyl (C=O) groups excluding carboxylic acids is 1. The van der Waals surface area contributed by atoms with E-state index < -0.39 is 11.9 Å². The zero-order chi connectivity index (χ0) is 13.1. The van der Waals surface area contributed by atoms with Gasteiger partial charge in [-0.05, 0) is 12.1 Å². The molecule has 0 aromatic heterocycles. The van der Waals surface area contributed by atoms with Crippen LogP contribution in [0.5, 0.6) is 5.75 Å². The Kier molecular flexibility index (Phi) is 5.53. The summed E-state index contributed by atoms with van der Waals surface area (Å²) in [5, 5.41) is 0. The van der Waals surface area contributed by atoms with Crippen LogP contribution in [-0.4, -0.2) is 38.8 Å². The largest absolute Gasteiger partial charge is 0.489 e. The fourth-order valence-electron chi connectivity index (χ4n) is 1.87. The molecule has 0 saturated heterocycles. The highest BCUT2D eigenvalue weighted by Gasteiger charge is 2.27. The number of benzene rings is 1. The Hall–Kier alpha value is -1.37. The minimum absolute atomic E-state index is 0. The number of carbonyl (C=O) groups is 1. The van der Waals surface area contributed by atoms with E-state index in [0.717, 1.165) is 0 Å². The van der Waals surface area contributed by atoms with Crippen molar-refractivity contribution in [2.45, 2.75) is 6.04 Å². The second kappa shape index (κ2) is 6.70. The third-order valence-corrected chi connectivity index (χ3v) is 2.71. The van der Waals surface area contributed by atoms with Gasteiger partial charge < -0.3 is 20.1 Å². The molecule has 0 spiro atoms. The maximum atomic E-state index is 13.1. The third-order valence-electron chi connectivity index (χ3n) is 2.71. The quantitative estimate of drug-likeness (QED) is 0.900. The van der Waals surface area contributed by atoms with Crippen LogP contribution in [0.15, 0.2) is 18.2 Å². The first-order valence-electron chi connectivity index (χ1n) is 5.61. The molecule has 1 amide bonds. The summed E-state index contributed by atoms with van der Waals surface area (Å²) >= 11 is 0. The van der Waals surface area contributed by atoms with Gasteiger partial charge >= 0.3 is 0 Å². The lowest BCUT2D eigenvalue weighted by atomic mass is 10.2. The maximum absolute atomic E-state index is 13.1. The van der Waals surface area contributed by atoms with Crippen molar-refractivity contribution in [3.63, 3.8) is 0 Å². The molecule has 19 heavy (non-hydrogen) atoms. The summed E-state index contributed by atoms with van der Waals surface area (Å²) < 4.78 is 23.3. The maximum Gasteiger partial charge on any atom is 0.246 e. The standard InChI is InChI=1S/C12H15FN2O3.ClH/c1-17-7-9(14)12(16)15-4-5-18-11-6-8(13)2-3-10(11)15;/h2-3,6,9H,4-5,7,14H2,1H3;1H. The molecule has 0 fully saturated rings. The van der Waals surface area contributed by atoms with Crippen molar-refractivity contribution in [1.29, 1.82) is 0 Å². The predicted molar refractivity (Wildman–Crippen MR) is 71.3 cm³/mol. The summed E-state index contributed by atoms with van der Waals surface area (Å²) in [7, 11) is 1.48. The molecule has 1 aliphatic rings. The van der Waals surface area contributed by atoms with Crippen molar-refractivity contribution in [2.75, 3.05) is 31.8 Å². The van der Waals surface area contributed by atoms with E-state index in [-0.39, 0.29) is 24.9 Å². The van der Waals surface area contributed by atoms with Crippen LogP contribution in [0.4, 0.5) is 10.1 Å². The van der Waals surface area contributed by atoms with Crippen molar-refractivity contribution >= 4 is 24.0 Å². The highest BCUT2D eigenvalue weighted by molar-refractivity contribution is 5.98. The number of methoxy groups -OCH3 is 1. The van der Waals surface area contributed by atoms with Crippen LogP contribution in [0.25, 0.3) is 0 Å². The fraction of sp³-hybridized carbons (Fsp3) is 0.417. The van der Waals surface area contributed by atoms with Gasteiger partial charge in [-0.25, -0.2) is 4.39 Å². The average Bonchev–Trinajstić information content (AvgIpc) is 2.37. The van der Waals surface area contributed by atoms with Crippen LogP contribution in [0, 0.1) is 5.82 Å². The van der Waals surface area contributed by atoms with Crippen LogP contribution in [0.3, 0.4) is 0 Å². The number of halogens is 2. The lowest BCUT2D eigenvalue weighted by molar-refractivity contribution is -0.121. The first-order chi connectivity index (χ1) is 8.63. The molecule has 2 rings (SSSR count). The lowest BCUT2D eigenvalue weighted by Crippen LogP contribution is -2.49. The second-order valence-electron chi connectivity index (χ2n) is 4.01. The van der Waals surface area contributed by atoms with Crippen molar-refractivity contribution in [3.05, 3.63) is 24.0 Å². The first-order valence-corrected chi connectivity index (χ1v) is 5.61. The molecule has 1 aromatic carbocycles. The molecular formula is C12H16ClFN2O3. The Bertz CT molecular complexity index is 459. The molecule has 0 aliphatic carbocycles. The predicted octanol–water partition coefficient (Wildman–Crippen LogP) is 0.947. The molecule has 0 bridgehead atoms. The molecule has 0 radical (unpaired) electrons. The molecule has 2 N–H and O–H groups in total. The normalized spacial score (nSPS) is 15.0. The number of fused-ring (bicyclic) bond motifs is 1. The summed E-state index contributed by atoms with van der Waals surface area (Å²) in [5.74, 6) is -0.295. The molecular weight excluding hydrogens is 275 g/mol. The summed E-state index contributed by atoms with van der Waals surface area (Å²) in [5.41, 5.74) is 6.26. The molecule has 1 atom stereocenters. The van der Waals surface area contributed by atoms with Gasteiger partial charge in [0.25, 0.3) is 0 Å². The number of anilines is 1. The molecule has 1 aliphatic heterocycles. The van der Waals surface area contributed by atoms with Crippen LogP contribution >= 0.6 is 12.4 Å². The van der Waals surface area contributed by atoms with Gasteiger partial charge in [0, 0.05) is 13.2 Å². The molecule has 0 saturated carbocycles. The van der Waals surface area contributed by atoms with Crippen LogP contribution < -0.4 is 15.4 Å². The van der Waals surface area contributed by atoms with Crippen molar-refractivity contribution in [1.82, 2.24) is 0 Å². The molecule has 1 aromatic rings. The zero-order valence-electron chi connectivity index (χ0n) is 10.5. The summed E-state index contributed by atoms with van der Waals surface area (Å²) in [6.45, 7) is 0.865. The smallest absolute Gasteiger partial charge is 0.246 e. The summed E-state index contributed by atoms with van der Waals surface area (Å²) in [6, 6.07) is 3.33. The van der Waals surface area contributed by atoms with Crippen LogP contribution in [0.2, 0.25) is 0 Å². The zero-order valence-corrected chi connectivity index (χ0v) is 11.3. The topological polar surface area (TPSA) is 64.8 Å². The van der Waals surface area contributed by atoms with Gasteiger partial charge in [0.2, 0.25) is 5.91 Å². The molecule has 1 unspecified atom stereocenters. The number of amides is 1. The van der Waals surface area contributed by atoms with Gasteiger partial charge in [0.05, 0.1) is 18.8 Å². The van der Waals surface area contributed by atoms with Crippen LogP contribution in [0.1, 0.15) is 0 Å². The molecule has 7 heteroatoms. The van der Waals surface area contributed by atoms with E-state index in [0.29, 0.717) is 24.6 Å². The lowest BCUT2D eigenvalue weighted by Gasteiger charge is -2.31. The van der Waals surface area contributed by atoms with E-state index in [9.17, 15) is 9.18 Å². The molecule has 5 nitrogen and oxygen atoms in total. The minimum Gasteiger partial charge on any atom is -0.489 e. The van der Waals surface area contributed by atoms with Gasteiger partial charge in [0.1, 0.15) is 24.2 Å². The van der Waals surface area contributed by atoms with E-state index in [1.54, 1.807) is 0 Å². The molecule has 106 valence electrons. The van der Waals surface area contributed by atoms with Crippen LogP contribution in [-0.2, 0) is 9.53 Å². The second-order valence-corrected chi connectivity index (χ2v) is 4.01. The SMILES string of the molecule is COCC(N)C(=O)N1CCOc2cc(F)ccc21.Cl. The number of nitrogens with zero attached hydrogens (tertiary/aromatic N) is 1. The Labute approximate surface area is 116 Å². The van der Waals surface area contributed by atoms with Gasteiger partial charge in [-0.15, -0.1) is 12.4 Å². The van der Waals surface area contributed by atoms with Crippen molar-refractivity contribution < 1.29 is 18.7 Å². The van der Waals surface area contributed by atoms with E-state index in [2.05, 4.69) is 0 Å². The average molecular weight is 291 g/mol. The minimum atomic E-state index is -0.731. The first kappa shape index (κ1) is 15.7. The third kappa shape index (κ3) is 3.34. The number of hydrogen-bond acceptors (Lipinski definition) is 4. The highest BCUT2D eigenvalue weighted by Crippen LogP contribution is 2.32. The summed E-state index contributed by atoms with van der Waals surface area (Å²) in [6.07, 6.45) is 0. The van der Waals surface area contributed by atoms with Gasteiger partial charge in [-0.2, -0.15) is 0 Å². The number of nitrogens with two attached hydrogens (primary N) is 1. The molecule has 1 heterocycles. The Balaban J connectivity index is 0.00000180. The van der Waals surface area contributed by atoms with Crippen molar-refractivity contribution in [2.24, 2.45) is 5.73 Å². The van der Waals surface area contributed by atoms with E-state index >= 15 is 0 Å². The van der Waals surface area contributed by atoms with E-state index in [1.165, 1.54) is 30.2 Å². The van der Waals surface area contributed by atoms with Gasteiger partial charge in [-0.1, -0.05) is 0 Å². The van der Waals surface area contributed by atoms with E-state index in [4.69, 9.17) is 15.2 Å². The van der Waals surface area contributed by atoms with Gasteiger partial charge in [-0.3, -0.25) is 4.79 Å². The number of rotatable bonds is 3. The Morgan fingerprint density at radius 1 is 1.63 bits per heavy atom. The van der Waals surface area contributed by atoms with E-state index in [1.807, 2.05) is 0 Å². The Morgan fingerprint density at radius 3 is 3.05 bits per heavy atom. The number of hydrogen-bond donors (Lipinski definition) is 1. The monoisotopic (exact) mass is 290 g/mol. The highest BCUT2D eigenvalue weighted by atomic mass is 35.5. The van der Waals surface area contributed by atoms with Crippen molar-refractivity contribution in [3.8, 4) is 5.75 Å². The summed E-state index contributed by atoms with van der Waals surface area (Å²) in [4.78, 5) is 13.6. The fourth-order valence-corrected chi connectivity index (χ4v) is 1.87. The number of ether oxygens (including phenoxy) is 2. The Morgan fingerprint density at radius 2 is 2.37 bits per heavy atom. The van der Waals surface area contributed by atoms with Gasteiger partial charge in [0.15, 0.2) is 0 Å².